The van der Waals surface area contributed by atoms with E-state index in [0.29, 0.717) is 30.3 Å². The average Bonchev–Trinajstić information content (AvgIpc) is 3.60. The summed E-state index contributed by atoms with van der Waals surface area (Å²) >= 11 is 1.37. The van der Waals surface area contributed by atoms with E-state index in [1.165, 1.54) is 21.8 Å². The molecule has 1 atom stereocenters. The Morgan fingerprint density at radius 2 is 1.74 bits per heavy atom. The van der Waals surface area contributed by atoms with Crippen molar-refractivity contribution in [2.45, 2.75) is 65.7 Å². The zero-order valence-corrected chi connectivity index (χ0v) is 24.9. The predicted molar refractivity (Wildman–Crippen MR) is 153 cm³/mol. The molecule has 8 nitrogen and oxygen atoms in total. The molecular formula is C24H40N5O3PS2. The van der Waals surface area contributed by atoms with Crippen LogP contribution in [0.1, 0.15) is 60.8 Å². The molecule has 0 amide bonds. The van der Waals surface area contributed by atoms with E-state index in [1.54, 1.807) is 29.8 Å². The summed E-state index contributed by atoms with van der Waals surface area (Å²) in [6, 6.07) is 3.50. The number of aromatic nitrogens is 3. The molecule has 3 aromatic heterocycles. The first-order valence-corrected chi connectivity index (χ1v) is 14.5. The molecule has 196 valence electrons. The molecule has 0 saturated carbocycles. The number of hydrogen-bond donors (Lipinski definition) is 0. The van der Waals surface area contributed by atoms with Gasteiger partial charge < -0.3 is 4.90 Å². The van der Waals surface area contributed by atoms with E-state index in [0.717, 1.165) is 31.7 Å². The fraction of sp³-hybridized carbons (Fsp3) is 0.542. The van der Waals surface area contributed by atoms with E-state index in [4.69, 9.17) is 4.98 Å². The summed E-state index contributed by atoms with van der Waals surface area (Å²) in [5.74, 6) is 0.793. The maximum absolute atomic E-state index is 13.3. The predicted octanol–water partition coefficient (Wildman–Crippen LogP) is 4.97. The second kappa shape index (κ2) is 14.6. The topological polar surface area (TPSA) is 88.4 Å². The lowest BCUT2D eigenvalue weighted by atomic mass is 10.2. The van der Waals surface area contributed by atoms with E-state index in [1.807, 2.05) is 40.0 Å². The van der Waals surface area contributed by atoms with E-state index >= 15 is 0 Å². The molecule has 11 heteroatoms. The molecule has 1 unspecified atom stereocenters. The molecule has 0 aliphatic carbocycles. The first-order chi connectivity index (χ1) is 16.5. The van der Waals surface area contributed by atoms with Gasteiger partial charge in [0.05, 0.1) is 5.39 Å². The fourth-order valence-corrected chi connectivity index (χ4v) is 6.03. The Morgan fingerprint density at radius 1 is 1.09 bits per heavy atom. The Balaban J connectivity index is 0.00000117. The highest BCUT2D eigenvalue weighted by atomic mass is 32.2. The summed E-state index contributed by atoms with van der Waals surface area (Å²) in [4.78, 5) is 24.3. The number of fused-ring (bicyclic) bond motifs is 1. The number of rotatable bonds is 7. The van der Waals surface area contributed by atoms with Gasteiger partial charge in [0, 0.05) is 44.0 Å². The molecule has 1 aliphatic rings. The zero-order chi connectivity index (χ0) is 25.3. The Kier molecular flexibility index (Phi) is 13.0. The highest BCUT2D eigenvalue weighted by Crippen LogP contribution is 2.25. The standard InChI is InChI=1S/C20H25N5O3S2.2C2H6.H3P/c1-3-10-24(4-2)30(27,28)16-14-25(20-21-9-13-29-20)19-15(18(16)26)7-8-17(22-19)23-11-5-6-12-23;2*1-2;/h7-9,13-14H,3-6,10-12H2,1-2H3;2*1-2H3;1H3. The minimum Gasteiger partial charge on any atom is -0.357 e. The van der Waals surface area contributed by atoms with Crippen molar-refractivity contribution < 1.29 is 8.42 Å². The lowest BCUT2D eigenvalue weighted by molar-refractivity contribution is 0.426. The third kappa shape index (κ3) is 6.67. The maximum Gasteiger partial charge on any atom is 0.248 e. The summed E-state index contributed by atoms with van der Waals surface area (Å²) in [7, 11) is -3.94. The molecule has 35 heavy (non-hydrogen) atoms. The molecule has 0 aromatic carbocycles. The van der Waals surface area contributed by atoms with Gasteiger partial charge in [-0.05, 0) is 31.4 Å². The quantitative estimate of drug-likeness (QED) is 0.392. The Bertz CT molecular complexity index is 1210. The van der Waals surface area contributed by atoms with Crippen LogP contribution in [0.25, 0.3) is 16.2 Å². The van der Waals surface area contributed by atoms with Gasteiger partial charge in [-0.15, -0.1) is 11.3 Å². The summed E-state index contributed by atoms with van der Waals surface area (Å²) < 4.78 is 29.5. The van der Waals surface area contributed by atoms with Gasteiger partial charge in [0.15, 0.2) is 10.8 Å². The van der Waals surface area contributed by atoms with Gasteiger partial charge in [-0.3, -0.25) is 9.36 Å². The van der Waals surface area contributed by atoms with Gasteiger partial charge in [0.1, 0.15) is 10.7 Å². The third-order valence-corrected chi connectivity index (χ3v) is 8.04. The van der Waals surface area contributed by atoms with Crippen molar-refractivity contribution >= 4 is 48.1 Å². The SMILES string of the molecule is CC.CC.CCCN(CC)S(=O)(=O)c1cn(-c2nccs2)c2nc(N3CCCC3)ccc2c1=O.P. The Hall–Kier alpha value is -1.87. The van der Waals surface area contributed by atoms with Crippen molar-refractivity contribution in [3.8, 4) is 5.13 Å². The molecule has 1 saturated heterocycles. The van der Waals surface area contributed by atoms with Crippen LogP contribution < -0.4 is 10.3 Å². The highest BCUT2D eigenvalue weighted by molar-refractivity contribution is 7.89. The minimum absolute atomic E-state index is 0. The second-order valence-corrected chi connectivity index (χ2v) is 10.0. The average molecular weight is 542 g/mol. The molecule has 1 fully saturated rings. The smallest absolute Gasteiger partial charge is 0.248 e. The van der Waals surface area contributed by atoms with Crippen molar-refractivity contribution in [3.63, 3.8) is 0 Å². The van der Waals surface area contributed by atoms with E-state index in [9.17, 15) is 13.2 Å². The van der Waals surface area contributed by atoms with Crippen LogP contribution in [-0.2, 0) is 10.0 Å². The molecule has 0 bridgehead atoms. The first-order valence-electron chi connectivity index (χ1n) is 12.2. The second-order valence-electron chi connectivity index (χ2n) is 7.24. The van der Waals surface area contributed by atoms with Gasteiger partial charge in [-0.1, -0.05) is 41.5 Å². The van der Waals surface area contributed by atoms with Gasteiger partial charge >= 0.3 is 0 Å². The van der Waals surface area contributed by atoms with E-state index < -0.39 is 15.5 Å². The molecule has 0 radical (unpaired) electrons. The van der Waals surface area contributed by atoms with Crippen molar-refractivity contribution in [3.05, 3.63) is 40.1 Å². The molecule has 4 rings (SSSR count). The van der Waals surface area contributed by atoms with E-state index in [-0.39, 0.29) is 20.2 Å². The van der Waals surface area contributed by atoms with Crippen molar-refractivity contribution in [1.82, 2.24) is 18.8 Å². The van der Waals surface area contributed by atoms with Crippen LogP contribution in [0, 0.1) is 0 Å². The molecule has 0 spiro atoms. The lowest BCUT2D eigenvalue weighted by Crippen LogP contribution is -2.35. The van der Waals surface area contributed by atoms with Crippen LogP contribution in [-0.4, -0.2) is 53.4 Å². The number of sulfonamides is 1. The summed E-state index contributed by atoms with van der Waals surface area (Å²) in [6.07, 6.45) is 5.93. The number of anilines is 1. The number of nitrogens with zero attached hydrogens (tertiary/aromatic N) is 5. The zero-order valence-electron chi connectivity index (χ0n) is 21.8. The number of pyridine rings is 2. The molecule has 4 heterocycles. The Morgan fingerprint density at radius 3 is 2.29 bits per heavy atom. The van der Waals surface area contributed by atoms with Crippen LogP contribution in [0.4, 0.5) is 5.82 Å². The number of thiazole rings is 1. The first kappa shape index (κ1) is 31.2. The van der Waals surface area contributed by atoms with Crippen LogP contribution in [0.15, 0.2) is 39.6 Å². The van der Waals surface area contributed by atoms with Crippen LogP contribution in [0.5, 0.6) is 0 Å². The largest absolute Gasteiger partial charge is 0.357 e. The lowest BCUT2D eigenvalue weighted by Gasteiger charge is -2.21. The summed E-state index contributed by atoms with van der Waals surface area (Å²) in [6.45, 7) is 14.2. The summed E-state index contributed by atoms with van der Waals surface area (Å²) in [5, 5.41) is 2.66. The highest BCUT2D eigenvalue weighted by Gasteiger charge is 2.28. The van der Waals surface area contributed by atoms with Crippen molar-refractivity contribution in [1.29, 1.82) is 0 Å². The maximum atomic E-state index is 13.3. The van der Waals surface area contributed by atoms with Crippen molar-refractivity contribution in [2.75, 3.05) is 31.1 Å². The van der Waals surface area contributed by atoms with Crippen LogP contribution in [0.3, 0.4) is 0 Å². The van der Waals surface area contributed by atoms with E-state index in [2.05, 4.69) is 9.88 Å². The monoisotopic (exact) mass is 541 g/mol. The fourth-order valence-electron chi connectivity index (χ4n) is 3.79. The van der Waals surface area contributed by atoms with Gasteiger partial charge in [-0.2, -0.15) is 14.2 Å². The van der Waals surface area contributed by atoms with Gasteiger partial charge in [0.25, 0.3) is 0 Å². The minimum atomic E-state index is -3.94. The van der Waals surface area contributed by atoms with Gasteiger partial charge in [0.2, 0.25) is 15.5 Å². The normalized spacial score (nSPS) is 13.1. The molecule has 3 aromatic rings. The van der Waals surface area contributed by atoms with Crippen molar-refractivity contribution in [2.24, 2.45) is 0 Å². The number of hydrogen-bond acceptors (Lipinski definition) is 7. The van der Waals surface area contributed by atoms with Crippen LogP contribution in [0.2, 0.25) is 0 Å². The Labute approximate surface area is 217 Å². The molecule has 1 aliphatic heterocycles. The van der Waals surface area contributed by atoms with Crippen LogP contribution >= 0.6 is 21.2 Å². The third-order valence-electron chi connectivity index (χ3n) is 5.30. The summed E-state index contributed by atoms with van der Waals surface area (Å²) in [5.41, 5.74) is -0.0929. The molecular weight excluding hydrogens is 501 g/mol. The molecule has 0 N–H and O–H groups in total. The van der Waals surface area contributed by atoms with Gasteiger partial charge in [-0.25, -0.2) is 18.4 Å².